The smallest absolute Gasteiger partial charge is 0.195 e. The van der Waals surface area contributed by atoms with Gasteiger partial charge in [0.2, 0.25) is 0 Å². The molecule has 0 saturated carbocycles. The Hall–Kier alpha value is -2.35. The molecular formula is C20H17ClN4OS2. The molecule has 142 valence electrons. The largest absolute Gasteiger partial charge is 0.497 e. The molecular weight excluding hydrogens is 412 g/mol. The second-order valence-corrected chi connectivity index (χ2v) is 8.29. The third-order valence-corrected chi connectivity index (χ3v) is 6.49. The average molecular weight is 429 g/mol. The van der Waals surface area contributed by atoms with Gasteiger partial charge < -0.3 is 4.74 Å². The summed E-state index contributed by atoms with van der Waals surface area (Å²) in [4.78, 5) is 4.75. The molecule has 2 aromatic carbocycles. The number of thioether (sulfide) groups is 1. The summed E-state index contributed by atoms with van der Waals surface area (Å²) in [5.41, 5.74) is 4.04. The maximum Gasteiger partial charge on any atom is 0.195 e. The van der Waals surface area contributed by atoms with E-state index in [0.717, 1.165) is 43.4 Å². The number of hydrogen-bond donors (Lipinski definition) is 0. The molecule has 0 bridgehead atoms. The molecule has 0 unspecified atom stereocenters. The van der Waals surface area contributed by atoms with Gasteiger partial charge in [-0.05, 0) is 36.8 Å². The zero-order valence-corrected chi connectivity index (χ0v) is 17.7. The van der Waals surface area contributed by atoms with Crippen LogP contribution in [-0.2, 0) is 5.75 Å². The van der Waals surface area contributed by atoms with Crippen molar-refractivity contribution in [2.24, 2.45) is 0 Å². The Morgan fingerprint density at radius 3 is 2.93 bits per heavy atom. The van der Waals surface area contributed by atoms with Gasteiger partial charge >= 0.3 is 0 Å². The van der Waals surface area contributed by atoms with E-state index in [4.69, 9.17) is 21.3 Å². The Morgan fingerprint density at radius 2 is 2.11 bits per heavy atom. The number of hydrogen-bond acceptors (Lipinski definition) is 6. The Bertz CT molecular complexity index is 1110. The van der Waals surface area contributed by atoms with Crippen LogP contribution in [0.5, 0.6) is 5.75 Å². The first-order valence-electron chi connectivity index (χ1n) is 8.52. The molecule has 2 aromatic heterocycles. The molecule has 0 aliphatic rings. The van der Waals surface area contributed by atoms with Crippen LogP contribution in [0.1, 0.15) is 11.3 Å². The standard InChI is InChI=1S/C20H17ClN4OS2/c1-13-6-7-16(9-18(13)21)25-12-22-24-20(25)28-11-15-10-27-19(23-15)14-4-3-5-17(8-14)26-2/h3-10,12H,11H2,1-2H3. The molecule has 0 atom stereocenters. The highest BCUT2D eigenvalue weighted by Gasteiger charge is 2.11. The van der Waals surface area contributed by atoms with Crippen molar-refractivity contribution in [2.45, 2.75) is 17.8 Å². The van der Waals surface area contributed by atoms with Crippen LogP contribution in [0.15, 0.2) is 59.3 Å². The Morgan fingerprint density at radius 1 is 1.21 bits per heavy atom. The van der Waals surface area contributed by atoms with Crippen LogP contribution in [0.2, 0.25) is 5.02 Å². The van der Waals surface area contributed by atoms with Gasteiger partial charge in [0.1, 0.15) is 17.1 Å². The van der Waals surface area contributed by atoms with Crippen LogP contribution in [0.4, 0.5) is 0 Å². The van der Waals surface area contributed by atoms with E-state index in [-0.39, 0.29) is 0 Å². The van der Waals surface area contributed by atoms with Gasteiger partial charge in [-0.3, -0.25) is 4.57 Å². The molecule has 0 fully saturated rings. The topological polar surface area (TPSA) is 52.8 Å². The number of aryl methyl sites for hydroxylation is 1. The van der Waals surface area contributed by atoms with E-state index in [9.17, 15) is 0 Å². The molecule has 8 heteroatoms. The lowest BCUT2D eigenvalue weighted by Crippen LogP contribution is -1.96. The van der Waals surface area contributed by atoms with Crippen molar-refractivity contribution in [1.82, 2.24) is 19.7 Å². The Balaban J connectivity index is 1.49. The minimum atomic E-state index is 0.707. The SMILES string of the molecule is COc1cccc(-c2nc(CSc3nncn3-c3ccc(C)c(Cl)c3)cs2)c1. The molecule has 0 saturated heterocycles. The lowest BCUT2D eigenvalue weighted by Gasteiger charge is -2.07. The van der Waals surface area contributed by atoms with Gasteiger partial charge in [0, 0.05) is 21.7 Å². The molecule has 28 heavy (non-hydrogen) atoms. The van der Waals surface area contributed by atoms with Crippen LogP contribution in [0, 0.1) is 6.92 Å². The molecule has 5 nitrogen and oxygen atoms in total. The first-order chi connectivity index (χ1) is 13.6. The molecule has 0 radical (unpaired) electrons. The van der Waals surface area contributed by atoms with Gasteiger partial charge in [0.05, 0.1) is 18.5 Å². The number of ether oxygens (including phenoxy) is 1. The van der Waals surface area contributed by atoms with Gasteiger partial charge in [-0.25, -0.2) is 4.98 Å². The zero-order valence-electron chi connectivity index (χ0n) is 15.3. The molecule has 0 aliphatic carbocycles. The van der Waals surface area contributed by atoms with Crippen molar-refractivity contribution in [3.05, 3.63) is 70.5 Å². The summed E-state index contributed by atoms with van der Waals surface area (Å²) in [5.74, 6) is 1.53. The van der Waals surface area contributed by atoms with E-state index in [1.165, 1.54) is 0 Å². The number of aromatic nitrogens is 4. The van der Waals surface area contributed by atoms with E-state index in [2.05, 4.69) is 15.6 Å². The fourth-order valence-electron chi connectivity index (χ4n) is 2.63. The minimum Gasteiger partial charge on any atom is -0.497 e. The summed E-state index contributed by atoms with van der Waals surface area (Å²) in [6, 6.07) is 13.9. The maximum absolute atomic E-state index is 6.26. The van der Waals surface area contributed by atoms with Gasteiger partial charge in [-0.1, -0.05) is 41.6 Å². The number of benzene rings is 2. The second-order valence-electron chi connectivity index (χ2n) is 6.08. The maximum atomic E-state index is 6.26. The summed E-state index contributed by atoms with van der Waals surface area (Å²) in [5, 5.41) is 12.9. The van der Waals surface area contributed by atoms with Crippen molar-refractivity contribution < 1.29 is 4.74 Å². The zero-order chi connectivity index (χ0) is 19.5. The summed E-state index contributed by atoms with van der Waals surface area (Å²) < 4.78 is 7.23. The van der Waals surface area contributed by atoms with Crippen LogP contribution >= 0.6 is 34.7 Å². The van der Waals surface area contributed by atoms with Crippen LogP contribution in [0.25, 0.3) is 16.3 Å². The van der Waals surface area contributed by atoms with E-state index >= 15 is 0 Å². The van der Waals surface area contributed by atoms with Crippen LogP contribution in [-0.4, -0.2) is 26.9 Å². The van der Waals surface area contributed by atoms with Gasteiger partial charge in [-0.15, -0.1) is 21.5 Å². The normalized spacial score (nSPS) is 11.0. The lowest BCUT2D eigenvalue weighted by atomic mass is 10.2. The third-order valence-electron chi connectivity index (χ3n) is 4.17. The Kier molecular flexibility index (Phi) is 5.66. The Labute approximate surface area is 176 Å². The number of rotatable bonds is 6. The molecule has 4 aromatic rings. The highest BCUT2D eigenvalue weighted by molar-refractivity contribution is 7.98. The van der Waals surface area contributed by atoms with Gasteiger partial charge in [0.15, 0.2) is 5.16 Å². The molecule has 0 N–H and O–H groups in total. The second kappa shape index (κ2) is 8.34. The van der Waals surface area contributed by atoms with Crippen LogP contribution < -0.4 is 4.74 Å². The van der Waals surface area contributed by atoms with Crippen molar-refractivity contribution in [3.8, 4) is 22.0 Å². The van der Waals surface area contributed by atoms with Crippen molar-refractivity contribution in [3.63, 3.8) is 0 Å². The molecule has 0 aliphatic heterocycles. The lowest BCUT2D eigenvalue weighted by molar-refractivity contribution is 0.415. The molecule has 2 heterocycles. The predicted octanol–water partition coefficient (Wildman–Crippen LogP) is 5.65. The monoisotopic (exact) mass is 428 g/mol. The van der Waals surface area contributed by atoms with Crippen molar-refractivity contribution in [1.29, 1.82) is 0 Å². The van der Waals surface area contributed by atoms with E-state index < -0.39 is 0 Å². The van der Waals surface area contributed by atoms with Crippen LogP contribution in [0.3, 0.4) is 0 Å². The number of halogens is 1. The number of thiazole rings is 1. The molecule has 0 amide bonds. The first-order valence-corrected chi connectivity index (χ1v) is 10.8. The fourth-order valence-corrected chi connectivity index (χ4v) is 4.55. The number of methoxy groups -OCH3 is 1. The van der Waals surface area contributed by atoms with E-state index in [1.807, 2.05) is 54.0 Å². The highest BCUT2D eigenvalue weighted by Crippen LogP contribution is 2.30. The average Bonchev–Trinajstić information content (AvgIpc) is 3.38. The fraction of sp³-hybridized carbons (Fsp3) is 0.150. The van der Waals surface area contributed by atoms with Gasteiger partial charge in [-0.2, -0.15) is 0 Å². The van der Waals surface area contributed by atoms with Crippen molar-refractivity contribution >= 4 is 34.7 Å². The molecule has 0 spiro atoms. The highest BCUT2D eigenvalue weighted by atomic mass is 35.5. The quantitative estimate of drug-likeness (QED) is 0.371. The van der Waals surface area contributed by atoms with E-state index in [0.29, 0.717) is 5.75 Å². The number of nitrogens with zero attached hydrogens (tertiary/aromatic N) is 4. The summed E-state index contributed by atoms with van der Waals surface area (Å²) in [6.45, 7) is 1.98. The summed E-state index contributed by atoms with van der Waals surface area (Å²) in [6.07, 6.45) is 1.70. The van der Waals surface area contributed by atoms with E-state index in [1.54, 1.807) is 36.5 Å². The first kappa shape index (κ1) is 19.0. The molecule has 4 rings (SSSR count). The predicted molar refractivity (Wildman–Crippen MR) is 115 cm³/mol. The third kappa shape index (κ3) is 4.06. The minimum absolute atomic E-state index is 0.707. The summed E-state index contributed by atoms with van der Waals surface area (Å²) in [7, 11) is 1.67. The summed E-state index contributed by atoms with van der Waals surface area (Å²) >= 11 is 9.48. The van der Waals surface area contributed by atoms with Crippen molar-refractivity contribution in [2.75, 3.05) is 7.11 Å². The van der Waals surface area contributed by atoms with Gasteiger partial charge in [0.25, 0.3) is 0 Å².